The zero-order valence-electron chi connectivity index (χ0n) is 8.52. The fourth-order valence-corrected chi connectivity index (χ4v) is 1.70. The maximum absolute atomic E-state index is 11.9. The van der Waals surface area contributed by atoms with Crippen LogP contribution in [0.2, 0.25) is 0 Å². The third kappa shape index (κ3) is 2.10. The van der Waals surface area contributed by atoms with Crippen LogP contribution in [0.3, 0.4) is 0 Å². The van der Waals surface area contributed by atoms with Gasteiger partial charge in [0.15, 0.2) is 0 Å². The number of para-hydroxylation sites is 1. The van der Waals surface area contributed by atoms with Crippen LogP contribution in [-0.2, 0) is 0 Å². The molecule has 1 aliphatic heterocycles. The van der Waals surface area contributed by atoms with E-state index in [4.69, 9.17) is 5.84 Å². The van der Waals surface area contributed by atoms with Crippen molar-refractivity contribution in [2.45, 2.75) is 12.8 Å². The summed E-state index contributed by atoms with van der Waals surface area (Å²) in [6, 6.07) is 9.98. The van der Waals surface area contributed by atoms with Gasteiger partial charge in [-0.3, -0.25) is 0 Å². The summed E-state index contributed by atoms with van der Waals surface area (Å²) in [6.07, 6.45) is 2.14. The Balaban J connectivity index is 2.07. The molecule has 2 amide bonds. The number of likely N-dealkylation sites (tertiary alicyclic amines) is 1. The minimum Gasteiger partial charge on any atom is -0.323 e. The molecule has 2 N–H and O–H groups in total. The summed E-state index contributed by atoms with van der Waals surface area (Å²) in [7, 11) is 0. The molecule has 0 aliphatic carbocycles. The van der Waals surface area contributed by atoms with Gasteiger partial charge in [-0.25, -0.2) is 15.6 Å². The van der Waals surface area contributed by atoms with Gasteiger partial charge in [-0.1, -0.05) is 18.2 Å². The van der Waals surface area contributed by atoms with Gasteiger partial charge in [0.2, 0.25) is 0 Å². The normalized spacial score (nSPS) is 15.4. The highest BCUT2D eigenvalue weighted by Gasteiger charge is 2.22. The fraction of sp³-hybridized carbons (Fsp3) is 0.364. The molecule has 0 unspecified atom stereocenters. The van der Waals surface area contributed by atoms with Crippen LogP contribution < -0.4 is 10.9 Å². The molecule has 2 rings (SSSR count). The molecule has 1 fully saturated rings. The van der Waals surface area contributed by atoms with E-state index in [9.17, 15) is 4.79 Å². The first kappa shape index (κ1) is 9.98. The van der Waals surface area contributed by atoms with Gasteiger partial charge in [0.05, 0.1) is 5.69 Å². The highest BCUT2D eigenvalue weighted by molar-refractivity contribution is 5.90. The van der Waals surface area contributed by atoms with E-state index in [-0.39, 0.29) is 6.03 Å². The van der Waals surface area contributed by atoms with Crippen molar-refractivity contribution < 1.29 is 4.79 Å². The number of carbonyl (C=O) groups is 1. The van der Waals surface area contributed by atoms with Crippen molar-refractivity contribution in [3.05, 3.63) is 30.3 Å². The van der Waals surface area contributed by atoms with Gasteiger partial charge in [-0.05, 0) is 18.9 Å². The van der Waals surface area contributed by atoms with Crippen LogP contribution in [0.5, 0.6) is 0 Å². The molecular formula is C11H14N3O. The Morgan fingerprint density at radius 2 is 2.13 bits per heavy atom. The van der Waals surface area contributed by atoms with E-state index < -0.39 is 0 Å². The second kappa shape index (κ2) is 4.31. The summed E-state index contributed by atoms with van der Waals surface area (Å²) >= 11 is 0. The summed E-state index contributed by atoms with van der Waals surface area (Å²) in [5, 5.41) is 1.16. The maximum Gasteiger partial charge on any atom is 0.338 e. The zero-order valence-corrected chi connectivity index (χ0v) is 8.52. The van der Waals surface area contributed by atoms with Crippen molar-refractivity contribution >= 4 is 11.7 Å². The third-order valence-corrected chi connectivity index (χ3v) is 2.53. The maximum atomic E-state index is 11.9. The second-order valence-corrected chi connectivity index (χ2v) is 3.59. The van der Waals surface area contributed by atoms with E-state index in [1.165, 1.54) is 0 Å². The minimum absolute atomic E-state index is 0.144. The molecule has 1 saturated heterocycles. The summed E-state index contributed by atoms with van der Waals surface area (Å²) in [4.78, 5) is 13.6. The Morgan fingerprint density at radius 3 is 2.73 bits per heavy atom. The number of nitrogens with two attached hydrogens (primary N) is 1. The standard InChI is InChI=1S/C11H14N3O/c12-14(10-6-2-1-3-7-10)11(15)13-8-4-5-9-13/h1-3,6H,4-5,8-9,12H2. The molecule has 15 heavy (non-hydrogen) atoms. The van der Waals surface area contributed by atoms with Crippen molar-refractivity contribution in [1.29, 1.82) is 0 Å². The van der Waals surface area contributed by atoms with Crippen LogP contribution in [-0.4, -0.2) is 24.0 Å². The van der Waals surface area contributed by atoms with Crippen molar-refractivity contribution in [1.82, 2.24) is 4.90 Å². The molecule has 0 aromatic heterocycles. The fourth-order valence-electron chi connectivity index (χ4n) is 1.70. The molecular weight excluding hydrogens is 190 g/mol. The van der Waals surface area contributed by atoms with E-state index in [1.807, 2.05) is 12.1 Å². The molecule has 1 radical (unpaired) electrons. The van der Waals surface area contributed by atoms with Gasteiger partial charge in [0, 0.05) is 19.2 Å². The predicted octanol–water partition coefficient (Wildman–Crippen LogP) is 1.38. The Bertz CT molecular complexity index is 333. The second-order valence-electron chi connectivity index (χ2n) is 3.59. The molecule has 0 saturated carbocycles. The largest absolute Gasteiger partial charge is 0.338 e. The van der Waals surface area contributed by atoms with Gasteiger partial charge in [-0.2, -0.15) is 0 Å². The molecule has 1 heterocycles. The van der Waals surface area contributed by atoms with Gasteiger partial charge >= 0.3 is 6.03 Å². The van der Waals surface area contributed by atoms with Crippen LogP contribution in [0.4, 0.5) is 10.5 Å². The number of hydrazine groups is 1. The summed E-state index contributed by atoms with van der Waals surface area (Å²) in [6.45, 7) is 1.61. The molecule has 0 spiro atoms. The van der Waals surface area contributed by atoms with Gasteiger partial charge < -0.3 is 4.90 Å². The zero-order chi connectivity index (χ0) is 10.7. The molecule has 4 heteroatoms. The lowest BCUT2D eigenvalue weighted by atomic mass is 10.3. The molecule has 1 aromatic carbocycles. The minimum atomic E-state index is -0.144. The first-order valence-electron chi connectivity index (χ1n) is 5.09. The summed E-state index contributed by atoms with van der Waals surface area (Å²) in [5.41, 5.74) is 0.606. The summed E-state index contributed by atoms with van der Waals surface area (Å²) < 4.78 is 0. The van der Waals surface area contributed by atoms with Crippen LogP contribution in [0.25, 0.3) is 0 Å². The topological polar surface area (TPSA) is 49.6 Å². The number of nitrogens with zero attached hydrogens (tertiary/aromatic N) is 2. The van der Waals surface area contributed by atoms with Crippen molar-refractivity contribution in [2.75, 3.05) is 18.1 Å². The number of anilines is 1. The van der Waals surface area contributed by atoms with Crippen LogP contribution in [0.1, 0.15) is 12.8 Å². The lowest BCUT2D eigenvalue weighted by molar-refractivity contribution is 0.215. The molecule has 1 aliphatic rings. The highest BCUT2D eigenvalue weighted by Crippen LogP contribution is 2.14. The Hall–Kier alpha value is -1.55. The van der Waals surface area contributed by atoms with Gasteiger partial charge in [-0.15, -0.1) is 0 Å². The molecule has 0 atom stereocenters. The number of carbonyl (C=O) groups excluding carboxylic acids is 1. The lowest BCUT2D eigenvalue weighted by Gasteiger charge is -2.23. The molecule has 0 bridgehead atoms. The van der Waals surface area contributed by atoms with E-state index in [1.54, 1.807) is 17.0 Å². The van der Waals surface area contributed by atoms with E-state index in [0.29, 0.717) is 5.69 Å². The van der Waals surface area contributed by atoms with Crippen LogP contribution in [0.15, 0.2) is 24.3 Å². The smallest absolute Gasteiger partial charge is 0.323 e. The van der Waals surface area contributed by atoms with Gasteiger partial charge in [0.1, 0.15) is 0 Å². The average molecular weight is 204 g/mol. The Labute approximate surface area is 89.2 Å². The number of hydrogen-bond donors (Lipinski definition) is 1. The molecule has 79 valence electrons. The SMILES string of the molecule is NN(C(=O)N1CCCC1)c1[c]cccc1. The number of amides is 2. The summed E-state index contributed by atoms with van der Waals surface area (Å²) in [5.74, 6) is 5.73. The first-order valence-corrected chi connectivity index (χ1v) is 5.09. The lowest BCUT2D eigenvalue weighted by Crippen LogP contribution is -2.46. The van der Waals surface area contributed by atoms with Gasteiger partial charge in [0.25, 0.3) is 0 Å². The van der Waals surface area contributed by atoms with E-state index in [0.717, 1.165) is 30.9 Å². The van der Waals surface area contributed by atoms with Crippen LogP contribution in [0, 0.1) is 6.07 Å². The monoisotopic (exact) mass is 204 g/mol. The number of benzene rings is 1. The van der Waals surface area contributed by atoms with Crippen molar-refractivity contribution in [2.24, 2.45) is 5.84 Å². The van der Waals surface area contributed by atoms with Crippen molar-refractivity contribution in [3.63, 3.8) is 0 Å². The van der Waals surface area contributed by atoms with Crippen molar-refractivity contribution in [3.8, 4) is 0 Å². The Morgan fingerprint density at radius 1 is 1.40 bits per heavy atom. The quantitative estimate of drug-likeness (QED) is 0.427. The predicted molar refractivity (Wildman–Crippen MR) is 58.1 cm³/mol. The molecule has 1 aromatic rings. The van der Waals surface area contributed by atoms with Crippen LogP contribution >= 0.6 is 0 Å². The third-order valence-electron chi connectivity index (χ3n) is 2.53. The average Bonchev–Trinajstić information content (AvgIpc) is 2.82. The Kier molecular flexibility index (Phi) is 2.87. The highest BCUT2D eigenvalue weighted by atomic mass is 16.2. The number of urea groups is 1. The number of rotatable bonds is 1. The molecule has 4 nitrogen and oxygen atoms in total. The van der Waals surface area contributed by atoms with E-state index >= 15 is 0 Å². The first-order chi connectivity index (χ1) is 7.29. The number of hydrogen-bond acceptors (Lipinski definition) is 2. The van der Waals surface area contributed by atoms with E-state index in [2.05, 4.69) is 6.07 Å².